The summed E-state index contributed by atoms with van der Waals surface area (Å²) >= 11 is 0. The SMILES string of the molecule is O=C(CN1CCC(COc2ccccn2)CC1)NC1CCCCC1. The molecule has 3 rings (SSSR count). The summed E-state index contributed by atoms with van der Waals surface area (Å²) in [6.45, 7) is 3.23. The van der Waals surface area contributed by atoms with Gasteiger partial charge in [0.15, 0.2) is 0 Å². The highest BCUT2D eigenvalue weighted by molar-refractivity contribution is 5.78. The Hall–Kier alpha value is -1.62. The number of carbonyl (C=O) groups is 1. The zero-order valence-corrected chi connectivity index (χ0v) is 14.5. The van der Waals surface area contributed by atoms with Crippen LogP contribution in [0.4, 0.5) is 0 Å². The maximum absolute atomic E-state index is 12.2. The molecule has 0 aromatic carbocycles. The molecule has 1 N–H and O–H groups in total. The molecule has 5 nitrogen and oxygen atoms in total. The Bertz CT molecular complexity index is 495. The lowest BCUT2D eigenvalue weighted by Crippen LogP contribution is -2.45. The summed E-state index contributed by atoms with van der Waals surface area (Å²) in [4.78, 5) is 18.6. The van der Waals surface area contributed by atoms with Crippen molar-refractivity contribution in [3.63, 3.8) is 0 Å². The minimum absolute atomic E-state index is 0.199. The molecule has 1 aliphatic heterocycles. The molecule has 2 aliphatic rings. The maximum atomic E-state index is 12.2. The summed E-state index contributed by atoms with van der Waals surface area (Å²) in [6, 6.07) is 6.14. The van der Waals surface area contributed by atoms with E-state index in [0.717, 1.165) is 45.4 Å². The van der Waals surface area contributed by atoms with Crippen LogP contribution in [0.2, 0.25) is 0 Å². The number of likely N-dealkylation sites (tertiary alicyclic amines) is 1. The molecule has 1 aliphatic carbocycles. The Labute approximate surface area is 144 Å². The van der Waals surface area contributed by atoms with E-state index in [2.05, 4.69) is 15.2 Å². The van der Waals surface area contributed by atoms with E-state index in [9.17, 15) is 4.79 Å². The van der Waals surface area contributed by atoms with Gasteiger partial charge in [0.25, 0.3) is 0 Å². The van der Waals surface area contributed by atoms with Crippen LogP contribution < -0.4 is 10.1 Å². The number of piperidine rings is 1. The third-order valence-electron chi connectivity index (χ3n) is 5.15. The Morgan fingerprint density at radius 2 is 1.96 bits per heavy atom. The Morgan fingerprint density at radius 1 is 1.17 bits per heavy atom. The lowest BCUT2D eigenvalue weighted by atomic mass is 9.95. The van der Waals surface area contributed by atoms with Crippen molar-refractivity contribution in [1.29, 1.82) is 0 Å². The fourth-order valence-corrected chi connectivity index (χ4v) is 3.67. The van der Waals surface area contributed by atoms with Crippen molar-refractivity contribution in [2.45, 2.75) is 51.0 Å². The summed E-state index contributed by atoms with van der Waals surface area (Å²) in [5.74, 6) is 1.46. The third kappa shape index (κ3) is 5.48. The molecule has 1 aromatic rings. The monoisotopic (exact) mass is 331 g/mol. The van der Waals surface area contributed by atoms with Gasteiger partial charge in [-0.3, -0.25) is 9.69 Å². The van der Waals surface area contributed by atoms with Gasteiger partial charge < -0.3 is 10.1 Å². The molecule has 1 saturated carbocycles. The number of nitrogens with zero attached hydrogens (tertiary/aromatic N) is 2. The maximum Gasteiger partial charge on any atom is 0.234 e. The van der Waals surface area contributed by atoms with Crippen molar-refractivity contribution in [3.8, 4) is 5.88 Å². The largest absolute Gasteiger partial charge is 0.477 e. The second-order valence-electron chi connectivity index (χ2n) is 7.10. The molecule has 0 spiro atoms. The normalized spacial score (nSPS) is 20.7. The fourth-order valence-electron chi connectivity index (χ4n) is 3.67. The minimum atomic E-state index is 0.199. The predicted octanol–water partition coefficient (Wildman–Crippen LogP) is 2.62. The number of hydrogen-bond acceptors (Lipinski definition) is 4. The summed E-state index contributed by atoms with van der Waals surface area (Å²) in [7, 11) is 0. The van der Waals surface area contributed by atoms with Gasteiger partial charge in [-0.05, 0) is 50.8 Å². The fraction of sp³-hybridized carbons (Fsp3) is 0.684. The van der Waals surface area contributed by atoms with Crippen LogP contribution in [0.3, 0.4) is 0 Å². The molecule has 2 fully saturated rings. The summed E-state index contributed by atoms with van der Waals surface area (Å²) < 4.78 is 5.75. The van der Waals surface area contributed by atoms with E-state index in [0.29, 0.717) is 24.4 Å². The number of aromatic nitrogens is 1. The first-order valence-electron chi connectivity index (χ1n) is 9.35. The molecule has 0 unspecified atom stereocenters. The topological polar surface area (TPSA) is 54.5 Å². The summed E-state index contributed by atoms with van der Waals surface area (Å²) in [6.07, 6.45) is 10.1. The highest BCUT2D eigenvalue weighted by Gasteiger charge is 2.22. The second kappa shape index (κ2) is 9.02. The third-order valence-corrected chi connectivity index (χ3v) is 5.15. The van der Waals surface area contributed by atoms with Crippen LogP contribution in [-0.4, -0.2) is 48.1 Å². The van der Waals surface area contributed by atoms with Crippen molar-refractivity contribution in [1.82, 2.24) is 15.2 Å². The molecule has 1 aromatic heterocycles. The average Bonchev–Trinajstić information content (AvgIpc) is 2.63. The van der Waals surface area contributed by atoms with Gasteiger partial charge >= 0.3 is 0 Å². The van der Waals surface area contributed by atoms with Crippen LogP contribution in [0.25, 0.3) is 0 Å². The van der Waals surface area contributed by atoms with E-state index in [-0.39, 0.29) is 5.91 Å². The number of ether oxygens (including phenoxy) is 1. The summed E-state index contributed by atoms with van der Waals surface area (Å²) in [5.41, 5.74) is 0. The molecular weight excluding hydrogens is 302 g/mol. The van der Waals surface area contributed by atoms with E-state index in [1.165, 1.54) is 19.3 Å². The first kappa shape index (κ1) is 17.2. The number of pyridine rings is 1. The van der Waals surface area contributed by atoms with E-state index in [4.69, 9.17) is 4.74 Å². The molecular formula is C19H29N3O2. The first-order valence-corrected chi connectivity index (χ1v) is 9.35. The van der Waals surface area contributed by atoms with Gasteiger partial charge in [0.05, 0.1) is 13.2 Å². The smallest absolute Gasteiger partial charge is 0.234 e. The lowest BCUT2D eigenvalue weighted by molar-refractivity contribution is -0.123. The quantitative estimate of drug-likeness (QED) is 0.871. The van der Waals surface area contributed by atoms with Crippen LogP contribution in [0.15, 0.2) is 24.4 Å². The average molecular weight is 331 g/mol. The van der Waals surface area contributed by atoms with Crippen molar-refractivity contribution in [2.24, 2.45) is 5.92 Å². The molecule has 24 heavy (non-hydrogen) atoms. The Kier molecular flexibility index (Phi) is 6.47. The van der Waals surface area contributed by atoms with E-state index >= 15 is 0 Å². The summed E-state index contributed by atoms with van der Waals surface area (Å²) in [5, 5.41) is 3.21. The number of nitrogens with one attached hydrogen (secondary N) is 1. The van der Waals surface area contributed by atoms with Crippen molar-refractivity contribution >= 4 is 5.91 Å². The first-order chi connectivity index (χ1) is 11.8. The molecule has 5 heteroatoms. The Morgan fingerprint density at radius 3 is 2.67 bits per heavy atom. The van der Waals surface area contributed by atoms with Crippen LogP contribution in [0, 0.1) is 5.92 Å². The van der Waals surface area contributed by atoms with Crippen molar-refractivity contribution in [3.05, 3.63) is 24.4 Å². The van der Waals surface area contributed by atoms with Crippen molar-refractivity contribution in [2.75, 3.05) is 26.2 Å². The number of hydrogen-bond donors (Lipinski definition) is 1. The molecule has 2 heterocycles. The zero-order valence-electron chi connectivity index (χ0n) is 14.5. The zero-order chi connectivity index (χ0) is 16.6. The van der Waals surface area contributed by atoms with Crippen LogP contribution in [-0.2, 0) is 4.79 Å². The van der Waals surface area contributed by atoms with Crippen LogP contribution in [0.1, 0.15) is 44.9 Å². The van der Waals surface area contributed by atoms with E-state index < -0.39 is 0 Å². The van der Waals surface area contributed by atoms with Crippen LogP contribution in [0.5, 0.6) is 5.88 Å². The van der Waals surface area contributed by atoms with Gasteiger partial charge in [0.1, 0.15) is 0 Å². The van der Waals surface area contributed by atoms with Gasteiger partial charge in [-0.25, -0.2) is 4.98 Å². The van der Waals surface area contributed by atoms with E-state index in [1.807, 2.05) is 18.2 Å². The second-order valence-corrected chi connectivity index (χ2v) is 7.10. The molecule has 1 saturated heterocycles. The van der Waals surface area contributed by atoms with E-state index in [1.54, 1.807) is 6.20 Å². The van der Waals surface area contributed by atoms with Gasteiger partial charge in [0.2, 0.25) is 11.8 Å². The minimum Gasteiger partial charge on any atom is -0.477 e. The highest BCUT2D eigenvalue weighted by atomic mass is 16.5. The van der Waals surface area contributed by atoms with Crippen molar-refractivity contribution < 1.29 is 9.53 Å². The van der Waals surface area contributed by atoms with Gasteiger partial charge in [-0.2, -0.15) is 0 Å². The highest BCUT2D eigenvalue weighted by Crippen LogP contribution is 2.19. The predicted molar refractivity (Wildman–Crippen MR) is 93.9 cm³/mol. The van der Waals surface area contributed by atoms with Gasteiger partial charge in [-0.1, -0.05) is 25.3 Å². The van der Waals surface area contributed by atoms with Gasteiger partial charge in [-0.15, -0.1) is 0 Å². The molecule has 132 valence electrons. The molecule has 0 bridgehead atoms. The van der Waals surface area contributed by atoms with Crippen LogP contribution >= 0.6 is 0 Å². The molecule has 0 radical (unpaired) electrons. The number of rotatable bonds is 6. The molecule has 0 atom stereocenters. The Balaban J connectivity index is 1.32. The standard InChI is InChI=1S/C19H29N3O2/c23-18(21-17-6-2-1-3-7-17)14-22-12-9-16(10-13-22)15-24-19-8-4-5-11-20-19/h4-5,8,11,16-17H,1-3,6-7,9-10,12-15H2,(H,21,23). The number of carbonyl (C=O) groups excluding carboxylic acids is 1. The van der Waals surface area contributed by atoms with Gasteiger partial charge in [0, 0.05) is 18.3 Å². The lowest BCUT2D eigenvalue weighted by Gasteiger charge is -2.32. The molecule has 1 amide bonds. The number of amides is 1.